The van der Waals surface area contributed by atoms with Gasteiger partial charge in [0.1, 0.15) is 5.75 Å². The Bertz CT molecular complexity index is 850. The van der Waals surface area contributed by atoms with E-state index in [1.165, 1.54) is 32.4 Å². The number of halogens is 1. The fourth-order valence-electron chi connectivity index (χ4n) is 2.35. The number of carbonyl (C=O) groups excluding carboxylic acids is 3. The van der Waals surface area contributed by atoms with Gasteiger partial charge in [0.15, 0.2) is 0 Å². The minimum atomic E-state index is -0.627. The molecule has 1 amide bonds. The number of rotatable bonds is 8. The third-order valence-corrected chi connectivity index (χ3v) is 4.00. The summed E-state index contributed by atoms with van der Waals surface area (Å²) in [5.74, 6) is -0.878. The first kappa shape index (κ1) is 21.2. The van der Waals surface area contributed by atoms with Crippen molar-refractivity contribution in [3.63, 3.8) is 0 Å². The Morgan fingerprint density at radius 1 is 0.964 bits per heavy atom. The third-order valence-electron chi connectivity index (χ3n) is 3.75. The first-order valence-electron chi connectivity index (χ1n) is 8.43. The van der Waals surface area contributed by atoms with Crippen molar-refractivity contribution in [1.29, 1.82) is 0 Å². The number of carbonyl (C=O) groups is 3. The molecule has 0 saturated heterocycles. The van der Waals surface area contributed by atoms with Crippen LogP contribution >= 0.6 is 11.6 Å². The quantitative estimate of drug-likeness (QED) is 0.531. The summed E-state index contributed by atoms with van der Waals surface area (Å²) in [6.45, 7) is 0.334. The Morgan fingerprint density at radius 3 is 2.29 bits per heavy atom. The van der Waals surface area contributed by atoms with Crippen molar-refractivity contribution in [3.05, 3.63) is 58.6 Å². The van der Waals surface area contributed by atoms with Crippen LogP contribution in [0.25, 0.3) is 0 Å². The summed E-state index contributed by atoms with van der Waals surface area (Å²) in [5, 5.41) is 3.24. The van der Waals surface area contributed by atoms with E-state index < -0.39 is 11.9 Å². The Morgan fingerprint density at radius 2 is 1.64 bits per heavy atom. The summed E-state index contributed by atoms with van der Waals surface area (Å²) in [4.78, 5) is 35.8. The second kappa shape index (κ2) is 10.3. The van der Waals surface area contributed by atoms with E-state index in [4.69, 9.17) is 21.1 Å². The molecular formula is C20H20ClNO6. The van der Waals surface area contributed by atoms with Crippen LogP contribution in [0.1, 0.15) is 33.6 Å². The minimum absolute atomic E-state index is 0.140. The van der Waals surface area contributed by atoms with Crippen molar-refractivity contribution in [3.8, 4) is 5.75 Å². The van der Waals surface area contributed by atoms with Crippen LogP contribution in [0.2, 0.25) is 5.02 Å². The number of anilines is 1. The fourth-order valence-corrected chi connectivity index (χ4v) is 2.47. The molecule has 2 aromatic rings. The zero-order valence-corrected chi connectivity index (χ0v) is 16.2. The van der Waals surface area contributed by atoms with Crippen molar-refractivity contribution in [2.75, 3.05) is 26.1 Å². The third kappa shape index (κ3) is 5.99. The van der Waals surface area contributed by atoms with Gasteiger partial charge < -0.3 is 19.5 Å². The molecule has 0 atom stereocenters. The molecule has 2 rings (SSSR count). The maximum Gasteiger partial charge on any atom is 0.339 e. The number of hydrogen-bond acceptors (Lipinski definition) is 6. The molecule has 0 bridgehead atoms. The molecule has 0 fully saturated rings. The summed E-state index contributed by atoms with van der Waals surface area (Å²) in [6, 6.07) is 11.1. The van der Waals surface area contributed by atoms with E-state index in [0.29, 0.717) is 23.8 Å². The largest absolute Gasteiger partial charge is 0.494 e. The van der Waals surface area contributed by atoms with Crippen LogP contribution in [0, 0.1) is 0 Å². The van der Waals surface area contributed by atoms with E-state index in [9.17, 15) is 14.4 Å². The number of methoxy groups -OCH3 is 2. The molecule has 148 valence electrons. The molecule has 0 unspecified atom stereocenters. The summed E-state index contributed by atoms with van der Waals surface area (Å²) in [5.41, 5.74) is 0.524. The molecule has 28 heavy (non-hydrogen) atoms. The molecule has 1 N–H and O–H groups in total. The number of nitrogens with one attached hydrogen (secondary N) is 1. The number of amides is 1. The van der Waals surface area contributed by atoms with E-state index in [2.05, 4.69) is 10.1 Å². The monoisotopic (exact) mass is 405 g/mol. The summed E-state index contributed by atoms with van der Waals surface area (Å²) < 4.78 is 14.9. The predicted octanol–water partition coefficient (Wildman–Crippen LogP) is 3.71. The van der Waals surface area contributed by atoms with Gasteiger partial charge in [-0.15, -0.1) is 0 Å². The standard InChI is InChI=1S/C20H20ClNO6/c1-26-19(24)13-5-10-16(20(25)27-2)17(12-13)22-18(23)4-3-11-28-15-8-6-14(21)7-9-15/h5-10,12H,3-4,11H2,1-2H3,(H,22,23). The summed E-state index contributed by atoms with van der Waals surface area (Å²) in [7, 11) is 2.48. The Kier molecular flexibility index (Phi) is 7.83. The highest BCUT2D eigenvalue weighted by Crippen LogP contribution is 2.20. The number of hydrogen-bond donors (Lipinski definition) is 1. The molecule has 0 spiro atoms. The van der Waals surface area contributed by atoms with Gasteiger partial charge in [0, 0.05) is 11.4 Å². The lowest BCUT2D eigenvalue weighted by Crippen LogP contribution is -2.17. The summed E-state index contributed by atoms with van der Waals surface area (Å²) in [6.07, 6.45) is 0.620. The normalized spacial score (nSPS) is 10.1. The number of benzene rings is 2. The van der Waals surface area contributed by atoms with Gasteiger partial charge in [-0.1, -0.05) is 11.6 Å². The predicted molar refractivity (Wildman–Crippen MR) is 104 cm³/mol. The van der Waals surface area contributed by atoms with Gasteiger partial charge in [-0.25, -0.2) is 9.59 Å². The van der Waals surface area contributed by atoms with Gasteiger partial charge in [0.2, 0.25) is 5.91 Å². The van der Waals surface area contributed by atoms with Crippen molar-refractivity contribution >= 4 is 35.1 Å². The van der Waals surface area contributed by atoms with Crippen LogP contribution in [0.3, 0.4) is 0 Å². The van der Waals surface area contributed by atoms with Crippen LogP contribution in [-0.4, -0.2) is 38.7 Å². The molecule has 0 aromatic heterocycles. The van der Waals surface area contributed by atoms with Crippen LogP contribution in [0.5, 0.6) is 5.75 Å². The van der Waals surface area contributed by atoms with Gasteiger partial charge in [-0.2, -0.15) is 0 Å². The SMILES string of the molecule is COC(=O)c1ccc(C(=O)OC)c(NC(=O)CCCOc2ccc(Cl)cc2)c1. The van der Waals surface area contributed by atoms with Crippen LogP contribution in [0.4, 0.5) is 5.69 Å². The molecule has 2 aromatic carbocycles. The molecule has 0 saturated carbocycles. The molecule has 7 nitrogen and oxygen atoms in total. The lowest BCUT2D eigenvalue weighted by atomic mass is 10.1. The Labute approximate surface area is 167 Å². The van der Waals surface area contributed by atoms with Gasteiger partial charge in [0.25, 0.3) is 0 Å². The van der Waals surface area contributed by atoms with Crippen molar-refractivity contribution in [1.82, 2.24) is 0 Å². The highest BCUT2D eigenvalue weighted by atomic mass is 35.5. The molecule has 0 radical (unpaired) electrons. The van der Waals surface area contributed by atoms with E-state index in [0.717, 1.165) is 0 Å². The van der Waals surface area contributed by atoms with Crippen molar-refractivity contribution in [2.45, 2.75) is 12.8 Å². The zero-order valence-electron chi connectivity index (χ0n) is 15.5. The number of ether oxygens (including phenoxy) is 3. The van der Waals surface area contributed by atoms with E-state index in [-0.39, 0.29) is 29.1 Å². The average Bonchev–Trinajstić information content (AvgIpc) is 2.71. The number of esters is 2. The van der Waals surface area contributed by atoms with Crippen molar-refractivity contribution in [2.24, 2.45) is 0 Å². The zero-order chi connectivity index (χ0) is 20.5. The minimum Gasteiger partial charge on any atom is -0.494 e. The topological polar surface area (TPSA) is 90.9 Å². The van der Waals surface area contributed by atoms with Crippen LogP contribution in [-0.2, 0) is 14.3 Å². The molecule has 0 aliphatic carbocycles. The Hall–Kier alpha value is -3.06. The fraction of sp³-hybridized carbons (Fsp3) is 0.250. The lowest BCUT2D eigenvalue weighted by molar-refractivity contribution is -0.116. The van der Waals surface area contributed by atoms with Gasteiger partial charge in [-0.3, -0.25) is 4.79 Å². The maximum atomic E-state index is 12.2. The smallest absolute Gasteiger partial charge is 0.339 e. The second-order valence-electron chi connectivity index (χ2n) is 5.70. The average molecular weight is 406 g/mol. The molecular weight excluding hydrogens is 386 g/mol. The molecule has 0 aliphatic rings. The first-order valence-corrected chi connectivity index (χ1v) is 8.81. The van der Waals surface area contributed by atoms with Crippen molar-refractivity contribution < 1.29 is 28.6 Å². The van der Waals surface area contributed by atoms with Gasteiger partial charge in [-0.05, 0) is 48.9 Å². The van der Waals surface area contributed by atoms with Crippen LogP contribution < -0.4 is 10.1 Å². The Balaban J connectivity index is 1.96. The lowest BCUT2D eigenvalue weighted by Gasteiger charge is -2.12. The van der Waals surface area contributed by atoms with E-state index >= 15 is 0 Å². The molecule has 0 heterocycles. The molecule has 0 aliphatic heterocycles. The summed E-state index contributed by atoms with van der Waals surface area (Å²) >= 11 is 5.81. The van der Waals surface area contributed by atoms with E-state index in [1.54, 1.807) is 24.3 Å². The highest BCUT2D eigenvalue weighted by molar-refractivity contribution is 6.30. The van der Waals surface area contributed by atoms with E-state index in [1.807, 2.05) is 0 Å². The second-order valence-corrected chi connectivity index (χ2v) is 6.13. The maximum absolute atomic E-state index is 12.2. The van der Waals surface area contributed by atoms with Gasteiger partial charge >= 0.3 is 11.9 Å². The highest BCUT2D eigenvalue weighted by Gasteiger charge is 2.17. The first-order chi connectivity index (χ1) is 13.4. The van der Waals surface area contributed by atoms with Gasteiger partial charge in [0.05, 0.1) is 37.6 Å². The van der Waals surface area contributed by atoms with Crippen LogP contribution in [0.15, 0.2) is 42.5 Å². The molecule has 8 heteroatoms.